The van der Waals surface area contributed by atoms with Crippen molar-refractivity contribution >= 4 is 11.9 Å². The molecule has 1 fully saturated rings. The summed E-state index contributed by atoms with van der Waals surface area (Å²) in [6.07, 6.45) is 1.85. The highest BCUT2D eigenvalue weighted by Gasteiger charge is 2.24. The molecule has 8 heteroatoms. The molecule has 2 aromatic heterocycles. The molecule has 0 amide bonds. The van der Waals surface area contributed by atoms with Gasteiger partial charge in [-0.1, -0.05) is 6.07 Å². The lowest BCUT2D eigenvalue weighted by Crippen LogP contribution is -2.47. The Hall–Kier alpha value is -2.32. The van der Waals surface area contributed by atoms with Gasteiger partial charge in [-0.2, -0.15) is 15.0 Å². The first-order chi connectivity index (χ1) is 12.0. The van der Waals surface area contributed by atoms with Crippen LogP contribution in [-0.2, 0) is 6.54 Å². The van der Waals surface area contributed by atoms with Gasteiger partial charge in [-0.25, -0.2) is 0 Å². The van der Waals surface area contributed by atoms with Crippen LogP contribution in [0.2, 0.25) is 0 Å². The van der Waals surface area contributed by atoms with Crippen LogP contribution in [0.1, 0.15) is 24.5 Å². The second-order valence-electron chi connectivity index (χ2n) is 6.56. The zero-order valence-electron chi connectivity index (χ0n) is 15.1. The molecule has 1 aliphatic heterocycles. The number of piperazine rings is 1. The van der Waals surface area contributed by atoms with E-state index < -0.39 is 0 Å². The van der Waals surface area contributed by atoms with Crippen molar-refractivity contribution in [3.63, 3.8) is 0 Å². The summed E-state index contributed by atoms with van der Waals surface area (Å²) in [4.78, 5) is 24.1. The van der Waals surface area contributed by atoms with Gasteiger partial charge in [-0.05, 0) is 19.1 Å². The molecule has 25 heavy (non-hydrogen) atoms. The van der Waals surface area contributed by atoms with Gasteiger partial charge in [-0.3, -0.25) is 14.8 Å². The Balaban J connectivity index is 1.61. The molecular formula is C17H26N8. The summed E-state index contributed by atoms with van der Waals surface area (Å²) in [7, 11) is 3.80. The van der Waals surface area contributed by atoms with Crippen LogP contribution in [0.3, 0.4) is 0 Å². The molecule has 3 rings (SSSR count). The van der Waals surface area contributed by atoms with Crippen molar-refractivity contribution in [2.24, 2.45) is 0 Å². The third-order valence-corrected chi connectivity index (χ3v) is 4.50. The molecule has 0 radical (unpaired) electrons. The third-order valence-electron chi connectivity index (χ3n) is 4.50. The molecule has 0 saturated carbocycles. The zero-order chi connectivity index (χ0) is 17.8. The molecule has 0 spiro atoms. The van der Waals surface area contributed by atoms with Gasteiger partial charge in [0.2, 0.25) is 11.9 Å². The van der Waals surface area contributed by atoms with Gasteiger partial charge in [0.15, 0.2) is 5.82 Å². The number of nitrogen functional groups attached to an aromatic ring is 1. The average molecular weight is 342 g/mol. The minimum absolute atomic E-state index is 0.112. The fourth-order valence-corrected chi connectivity index (χ4v) is 2.98. The Morgan fingerprint density at radius 3 is 2.52 bits per heavy atom. The number of anilines is 2. The van der Waals surface area contributed by atoms with E-state index in [4.69, 9.17) is 5.73 Å². The summed E-state index contributed by atoms with van der Waals surface area (Å²) in [6, 6.07) is 6.17. The van der Waals surface area contributed by atoms with Gasteiger partial charge < -0.3 is 10.6 Å². The van der Waals surface area contributed by atoms with E-state index >= 15 is 0 Å². The first kappa shape index (κ1) is 17.5. The summed E-state index contributed by atoms with van der Waals surface area (Å²) in [5.41, 5.74) is 6.97. The van der Waals surface area contributed by atoms with Crippen molar-refractivity contribution < 1.29 is 0 Å². The molecule has 0 bridgehead atoms. The summed E-state index contributed by atoms with van der Waals surface area (Å²) in [5, 5.41) is 0. The number of aromatic nitrogens is 4. The van der Waals surface area contributed by atoms with E-state index in [0.29, 0.717) is 5.95 Å². The van der Waals surface area contributed by atoms with Gasteiger partial charge in [-0.15, -0.1) is 0 Å². The second kappa shape index (κ2) is 7.71. The summed E-state index contributed by atoms with van der Waals surface area (Å²) in [5.74, 6) is 1.60. The fraction of sp³-hybridized carbons (Fsp3) is 0.529. The minimum Gasteiger partial charge on any atom is -0.368 e. The fourth-order valence-electron chi connectivity index (χ4n) is 2.98. The van der Waals surface area contributed by atoms with Gasteiger partial charge >= 0.3 is 0 Å². The summed E-state index contributed by atoms with van der Waals surface area (Å²) < 4.78 is 0. The number of hydrogen-bond donors (Lipinski definition) is 1. The highest BCUT2D eigenvalue weighted by molar-refractivity contribution is 5.33. The molecule has 0 aliphatic carbocycles. The lowest BCUT2D eigenvalue weighted by molar-refractivity contribution is 0.0940. The van der Waals surface area contributed by atoms with Crippen LogP contribution in [0.5, 0.6) is 0 Å². The van der Waals surface area contributed by atoms with Gasteiger partial charge in [0.05, 0.1) is 11.7 Å². The first-order valence-corrected chi connectivity index (χ1v) is 8.58. The monoisotopic (exact) mass is 342 g/mol. The average Bonchev–Trinajstić information content (AvgIpc) is 2.62. The third kappa shape index (κ3) is 4.40. The molecular weight excluding hydrogens is 316 g/mol. The minimum atomic E-state index is 0.112. The van der Waals surface area contributed by atoms with Crippen molar-refractivity contribution in [2.45, 2.75) is 19.5 Å². The maximum absolute atomic E-state index is 5.85. The Bertz CT molecular complexity index is 682. The van der Waals surface area contributed by atoms with Crippen LogP contribution in [0.4, 0.5) is 11.9 Å². The number of nitrogens with two attached hydrogens (primary N) is 1. The van der Waals surface area contributed by atoms with Crippen LogP contribution >= 0.6 is 0 Å². The molecule has 1 aliphatic rings. The zero-order valence-corrected chi connectivity index (χ0v) is 15.1. The molecule has 134 valence electrons. The Morgan fingerprint density at radius 1 is 1.12 bits per heavy atom. The number of rotatable bonds is 5. The first-order valence-electron chi connectivity index (χ1n) is 8.58. The van der Waals surface area contributed by atoms with Crippen molar-refractivity contribution in [2.75, 3.05) is 50.9 Å². The van der Waals surface area contributed by atoms with Crippen LogP contribution in [0.15, 0.2) is 24.4 Å². The number of pyridine rings is 1. The van der Waals surface area contributed by atoms with E-state index in [-0.39, 0.29) is 12.0 Å². The lowest BCUT2D eigenvalue weighted by atomic mass is 10.2. The topological polar surface area (TPSA) is 87.3 Å². The molecule has 1 saturated heterocycles. The molecule has 0 aromatic carbocycles. The van der Waals surface area contributed by atoms with E-state index in [1.54, 1.807) is 0 Å². The highest BCUT2D eigenvalue weighted by Crippen LogP contribution is 2.21. The van der Waals surface area contributed by atoms with Crippen LogP contribution in [-0.4, -0.2) is 70.0 Å². The number of nitrogens with zero attached hydrogens (tertiary/aromatic N) is 7. The van der Waals surface area contributed by atoms with Gasteiger partial charge in [0.1, 0.15) is 0 Å². The molecule has 2 aromatic rings. The molecule has 1 atom stereocenters. The molecule has 8 nitrogen and oxygen atoms in total. The van der Waals surface area contributed by atoms with Crippen molar-refractivity contribution in [3.05, 3.63) is 35.9 Å². The van der Waals surface area contributed by atoms with E-state index in [9.17, 15) is 0 Å². The van der Waals surface area contributed by atoms with Crippen LogP contribution in [0.25, 0.3) is 0 Å². The van der Waals surface area contributed by atoms with Crippen LogP contribution < -0.4 is 10.6 Å². The van der Waals surface area contributed by atoms with Crippen molar-refractivity contribution in [1.29, 1.82) is 0 Å². The second-order valence-corrected chi connectivity index (χ2v) is 6.56. The van der Waals surface area contributed by atoms with E-state index in [1.807, 2.05) is 37.3 Å². The quantitative estimate of drug-likeness (QED) is 0.853. The van der Waals surface area contributed by atoms with Crippen molar-refractivity contribution in [3.8, 4) is 0 Å². The Labute approximate surface area is 148 Å². The van der Waals surface area contributed by atoms with E-state index in [1.165, 1.54) is 0 Å². The number of hydrogen-bond acceptors (Lipinski definition) is 8. The van der Waals surface area contributed by atoms with Crippen molar-refractivity contribution in [1.82, 2.24) is 29.7 Å². The smallest absolute Gasteiger partial charge is 0.229 e. The van der Waals surface area contributed by atoms with Gasteiger partial charge in [0.25, 0.3) is 0 Å². The van der Waals surface area contributed by atoms with E-state index in [2.05, 4.69) is 42.7 Å². The maximum Gasteiger partial charge on any atom is 0.229 e. The highest BCUT2D eigenvalue weighted by atomic mass is 15.3. The van der Waals surface area contributed by atoms with Crippen LogP contribution in [0, 0.1) is 0 Å². The Kier molecular flexibility index (Phi) is 5.40. The SMILES string of the molecule is CC(c1nc(N)nc(N(C)C)n1)N1CCN(Cc2ccccn2)CC1. The lowest BCUT2D eigenvalue weighted by Gasteiger charge is -2.37. The Morgan fingerprint density at radius 2 is 1.88 bits per heavy atom. The molecule has 1 unspecified atom stereocenters. The predicted octanol–water partition coefficient (Wildman–Crippen LogP) is 0.794. The maximum atomic E-state index is 5.85. The molecule has 3 heterocycles. The molecule has 2 N–H and O–H groups in total. The normalized spacial score (nSPS) is 17.4. The van der Waals surface area contributed by atoms with Gasteiger partial charge in [0, 0.05) is 53.0 Å². The standard InChI is InChI=1S/C17H26N8/c1-13(15-20-16(18)22-17(21-15)23(2)3)25-10-8-24(9-11-25)12-14-6-4-5-7-19-14/h4-7,13H,8-12H2,1-3H3,(H2,18,20,21,22). The largest absolute Gasteiger partial charge is 0.368 e. The summed E-state index contributed by atoms with van der Waals surface area (Å²) >= 11 is 0. The summed E-state index contributed by atoms with van der Waals surface area (Å²) in [6.45, 7) is 6.97. The predicted molar refractivity (Wildman–Crippen MR) is 98.1 cm³/mol. The van der Waals surface area contributed by atoms with E-state index in [0.717, 1.165) is 44.2 Å².